The Morgan fingerprint density at radius 3 is 1.73 bits per heavy atom. The van der Waals surface area contributed by atoms with E-state index in [1.54, 1.807) is 0 Å². The maximum absolute atomic E-state index is 10.0. The van der Waals surface area contributed by atoms with Crippen molar-refractivity contribution in [3.63, 3.8) is 0 Å². The van der Waals surface area contributed by atoms with Crippen LogP contribution >= 0.6 is 0 Å². The lowest BCUT2D eigenvalue weighted by Gasteiger charge is -2.26. The molecule has 0 aliphatic rings. The molecule has 0 radical (unpaired) electrons. The number of hydrogen-bond acceptors (Lipinski definition) is 2. The smallest absolute Gasteiger partial charge is 0.100 e. The predicted octanol–water partition coefficient (Wildman–Crippen LogP) is 14.0. The van der Waals surface area contributed by atoms with Gasteiger partial charge in [0.15, 0.2) is 0 Å². The van der Waals surface area contributed by atoms with E-state index in [0.29, 0.717) is 0 Å². The minimum absolute atomic E-state index is 0. The number of nitriles is 1. The number of nitrogens with zero attached hydrogens (tertiary/aromatic N) is 2. The average Bonchev–Trinajstić information content (AvgIpc) is 3.12. The minimum atomic E-state index is 0. The molecule has 0 bridgehead atoms. The van der Waals surface area contributed by atoms with Crippen molar-refractivity contribution in [2.75, 3.05) is 4.90 Å². The van der Waals surface area contributed by atoms with Gasteiger partial charge in [-0.15, -0.1) is 0 Å². The van der Waals surface area contributed by atoms with Crippen LogP contribution in [0, 0.1) is 25.2 Å². The molecule has 0 fully saturated rings. The lowest BCUT2D eigenvalue weighted by atomic mass is 9.90. The van der Waals surface area contributed by atoms with Crippen molar-refractivity contribution < 1.29 is 0 Å². The predicted molar refractivity (Wildman–Crippen MR) is 213 cm³/mol. The first kappa shape index (κ1) is 33.0. The fourth-order valence-corrected chi connectivity index (χ4v) is 6.75. The summed E-state index contributed by atoms with van der Waals surface area (Å²) in [6.07, 6.45) is 1.25. The topological polar surface area (TPSA) is 27.0 Å². The number of aryl methyl sites for hydroxylation is 2. The van der Waals surface area contributed by atoms with Crippen LogP contribution in [0.25, 0.3) is 54.2 Å². The van der Waals surface area contributed by atoms with Crippen molar-refractivity contribution in [3.05, 3.63) is 162 Å². The third-order valence-electron chi connectivity index (χ3n) is 9.07. The van der Waals surface area contributed by atoms with Gasteiger partial charge in [-0.1, -0.05) is 130 Å². The summed E-state index contributed by atoms with van der Waals surface area (Å²) in [5.41, 5.74) is 8.68. The van der Waals surface area contributed by atoms with E-state index in [9.17, 15) is 5.26 Å². The van der Waals surface area contributed by atoms with E-state index in [1.165, 1.54) is 38.9 Å². The highest BCUT2D eigenvalue weighted by molar-refractivity contribution is 6.13. The summed E-state index contributed by atoms with van der Waals surface area (Å²) in [5, 5.41) is 19.3. The second-order valence-electron chi connectivity index (χ2n) is 12.6. The van der Waals surface area contributed by atoms with E-state index in [4.69, 9.17) is 0 Å². The number of fused-ring (bicyclic) bond motifs is 5. The zero-order valence-corrected chi connectivity index (χ0v) is 28.0. The van der Waals surface area contributed by atoms with Crippen LogP contribution in [-0.4, -0.2) is 0 Å². The van der Waals surface area contributed by atoms with E-state index in [1.807, 2.05) is 0 Å². The van der Waals surface area contributed by atoms with Crippen LogP contribution in [0.3, 0.4) is 0 Å². The van der Waals surface area contributed by atoms with Crippen molar-refractivity contribution in [1.29, 1.82) is 5.26 Å². The highest BCUT2D eigenvalue weighted by atomic mass is 15.1. The van der Waals surface area contributed by atoms with Gasteiger partial charge in [0.1, 0.15) is 6.07 Å². The number of rotatable bonds is 4. The highest BCUT2D eigenvalue weighted by Gasteiger charge is 2.15. The van der Waals surface area contributed by atoms with E-state index in [0.717, 1.165) is 55.5 Å². The SMILES string of the molecule is C.CCC.Cc1ccc2c(C)c(C#N)c3ccc(-c4ccc5cc(N(c6ccccc6)c6ccc7ccccc7c6)ccc5c4)cc3c2c1. The Bertz CT molecular complexity index is 2480. The summed E-state index contributed by atoms with van der Waals surface area (Å²) in [4.78, 5) is 2.32. The molecule has 240 valence electrons. The van der Waals surface area contributed by atoms with Crippen LogP contribution < -0.4 is 4.90 Å². The lowest BCUT2D eigenvalue weighted by Crippen LogP contribution is -2.09. The van der Waals surface area contributed by atoms with Crippen molar-refractivity contribution in [2.45, 2.75) is 41.5 Å². The molecule has 2 heteroatoms. The van der Waals surface area contributed by atoms with Crippen LogP contribution in [0.5, 0.6) is 0 Å². The molecule has 0 N–H and O–H groups in total. The van der Waals surface area contributed by atoms with Gasteiger partial charge >= 0.3 is 0 Å². The van der Waals surface area contributed by atoms with Gasteiger partial charge in [0, 0.05) is 22.4 Å². The number of anilines is 3. The van der Waals surface area contributed by atoms with Gasteiger partial charge in [-0.25, -0.2) is 0 Å². The second kappa shape index (κ2) is 14.1. The molecule has 8 aromatic rings. The van der Waals surface area contributed by atoms with Gasteiger partial charge in [-0.2, -0.15) is 5.26 Å². The number of para-hydroxylation sites is 1. The third kappa shape index (κ3) is 6.24. The maximum atomic E-state index is 10.0. The number of hydrogen-bond donors (Lipinski definition) is 0. The van der Waals surface area contributed by atoms with Crippen LogP contribution in [-0.2, 0) is 0 Å². The normalized spacial score (nSPS) is 10.8. The molecule has 2 nitrogen and oxygen atoms in total. The summed E-state index contributed by atoms with van der Waals surface area (Å²) in [7, 11) is 0. The molecule has 0 saturated heterocycles. The van der Waals surface area contributed by atoms with E-state index in [-0.39, 0.29) is 7.43 Å². The summed E-state index contributed by atoms with van der Waals surface area (Å²) >= 11 is 0. The zero-order valence-electron chi connectivity index (χ0n) is 28.0. The molecule has 0 aromatic heterocycles. The standard InChI is InChI=1S/C43H30N2.C3H8.CH4/c1-28-12-20-39-29(2)43(27-44)40-21-17-35(26-42(40)41(39)22-28)32-13-14-34-25-38(19-16-33(34)23-32)45(36-10-4-3-5-11-36)37-18-15-30-8-6-7-9-31(30)24-37;1-3-2;/h3-26H,1-2H3;3H2,1-2H3;1H4. The van der Waals surface area contributed by atoms with Crippen LogP contribution in [0.15, 0.2) is 146 Å². The van der Waals surface area contributed by atoms with Crippen molar-refractivity contribution >= 4 is 60.2 Å². The Labute approximate surface area is 290 Å². The minimum Gasteiger partial charge on any atom is -0.310 e. The third-order valence-corrected chi connectivity index (χ3v) is 9.07. The monoisotopic (exact) mass is 634 g/mol. The molecule has 0 unspecified atom stereocenters. The van der Waals surface area contributed by atoms with Gasteiger partial charge in [0.05, 0.1) is 5.56 Å². The Morgan fingerprint density at radius 2 is 1.02 bits per heavy atom. The fourth-order valence-electron chi connectivity index (χ4n) is 6.75. The molecule has 8 aromatic carbocycles. The van der Waals surface area contributed by atoms with Gasteiger partial charge in [-0.05, 0) is 117 Å². The summed E-state index contributed by atoms with van der Waals surface area (Å²) in [5.74, 6) is 0. The molecule has 0 spiro atoms. The summed E-state index contributed by atoms with van der Waals surface area (Å²) < 4.78 is 0. The quantitative estimate of drug-likeness (QED) is 0.180. The van der Waals surface area contributed by atoms with Crippen LogP contribution in [0.1, 0.15) is 44.4 Å². The Balaban J connectivity index is 0.00000101. The zero-order chi connectivity index (χ0) is 33.2. The highest BCUT2D eigenvalue weighted by Crippen LogP contribution is 2.39. The first-order valence-electron chi connectivity index (χ1n) is 16.7. The molecule has 0 aliphatic carbocycles. The molecule has 0 amide bonds. The van der Waals surface area contributed by atoms with Crippen molar-refractivity contribution in [3.8, 4) is 17.2 Å². The van der Waals surface area contributed by atoms with Crippen molar-refractivity contribution in [1.82, 2.24) is 0 Å². The first-order chi connectivity index (χ1) is 23.5. The largest absolute Gasteiger partial charge is 0.310 e. The van der Waals surface area contributed by atoms with E-state index < -0.39 is 0 Å². The van der Waals surface area contributed by atoms with E-state index >= 15 is 0 Å². The van der Waals surface area contributed by atoms with Crippen LogP contribution in [0.4, 0.5) is 17.1 Å². The molecule has 0 heterocycles. The molecule has 8 rings (SSSR count). The Kier molecular flexibility index (Phi) is 9.47. The van der Waals surface area contributed by atoms with E-state index in [2.05, 4.69) is 184 Å². The molecular weight excluding hydrogens is 593 g/mol. The lowest BCUT2D eigenvalue weighted by molar-refractivity contribution is 1.09. The molecular formula is C47H42N2. The Hall–Kier alpha value is -5.91. The molecule has 0 saturated carbocycles. The van der Waals surface area contributed by atoms with Gasteiger partial charge in [0.25, 0.3) is 0 Å². The average molecular weight is 635 g/mol. The summed E-state index contributed by atoms with van der Waals surface area (Å²) in [6, 6.07) is 54.7. The maximum Gasteiger partial charge on any atom is 0.100 e. The van der Waals surface area contributed by atoms with Gasteiger partial charge < -0.3 is 4.90 Å². The summed E-state index contributed by atoms with van der Waals surface area (Å²) in [6.45, 7) is 8.43. The molecule has 49 heavy (non-hydrogen) atoms. The molecule has 0 aliphatic heterocycles. The molecule has 0 atom stereocenters. The second-order valence-corrected chi connectivity index (χ2v) is 12.6. The fraction of sp³-hybridized carbons (Fsp3) is 0.128. The van der Waals surface area contributed by atoms with Crippen LogP contribution in [0.2, 0.25) is 0 Å². The first-order valence-corrected chi connectivity index (χ1v) is 16.7. The van der Waals surface area contributed by atoms with Gasteiger partial charge in [0.2, 0.25) is 0 Å². The van der Waals surface area contributed by atoms with Gasteiger partial charge in [-0.3, -0.25) is 0 Å². The van der Waals surface area contributed by atoms with Crippen molar-refractivity contribution in [2.24, 2.45) is 0 Å². The number of benzene rings is 8. The Morgan fingerprint density at radius 1 is 0.490 bits per heavy atom.